The van der Waals surface area contributed by atoms with Crippen molar-refractivity contribution in [3.8, 4) is 17.2 Å². The van der Waals surface area contributed by atoms with Crippen molar-refractivity contribution in [3.05, 3.63) is 127 Å². The standard InChI is InChI=1S/C13H8BrN.C7H6BNO2.C6H4BrI/c14-13-3-1-2-12(8-13)11-6-4-10(9-15)5-7-11;1-9-7-4-2-6(3-5-7)8(10)11;7-5-2-1-3-6(8)4-5/h1-8H;2-5,10-11H;1-4H. The molecule has 0 atom stereocenters. The lowest BCUT2D eigenvalue weighted by Crippen LogP contribution is -2.29. The van der Waals surface area contributed by atoms with E-state index in [2.05, 4.69) is 83.6 Å². The molecule has 0 radical (unpaired) electrons. The second-order valence-electron chi connectivity index (χ2n) is 6.72. The summed E-state index contributed by atoms with van der Waals surface area (Å²) in [6, 6.07) is 32.1. The molecule has 0 aliphatic rings. The van der Waals surface area contributed by atoms with Crippen LogP contribution in [0.5, 0.6) is 0 Å². The number of nitrogens with zero attached hydrogens (tertiary/aromatic N) is 2. The Morgan fingerprint density at radius 3 is 1.82 bits per heavy atom. The molecule has 0 saturated heterocycles. The van der Waals surface area contributed by atoms with Crippen molar-refractivity contribution in [1.29, 1.82) is 5.26 Å². The third kappa shape index (κ3) is 9.80. The predicted molar refractivity (Wildman–Crippen MR) is 154 cm³/mol. The van der Waals surface area contributed by atoms with E-state index >= 15 is 0 Å². The lowest BCUT2D eigenvalue weighted by Gasteiger charge is -2.01. The molecule has 0 fully saturated rings. The van der Waals surface area contributed by atoms with Crippen LogP contribution in [0.1, 0.15) is 5.56 Å². The van der Waals surface area contributed by atoms with Gasteiger partial charge in [-0.15, -0.1) is 0 Å². The van der Waals surface area contributed by atoms with Crippen LogP contribution in [-0.4, -0.2) is 17.2 Å². The molecule has 2 N–H and O–H groups in total. The van der Waals surface area contributed by atoms with E-state index in [0.717, 1.165) is 20.1 Å². The van der Waals surface area contributed by atoms with Gasteiger partial charge in [0.05, 0.1) is 18.2 Å². The molecular weight excluding hydrogens is 670 g/mol. The summed E-state index contributed by atoms with van der Waals surface area (Å²) >= 11 is 9.07. The van der Waals surface area contributed by atoms with Crippen LogP contribution in [0, 0.1) is 21.5 Å². The van der Waals surface area contributed by atoms with Gasteiger partial charge in [0.25, 0.3) is 0 Å². The topological polar surface area (TPSA) is 68.6 Å². The van der Waals surface area contributed by atoms with Gasteiger partial charge in [0.15, 0.2) is 5.69 Å². The summed E-state index contributed by atoms with van der Waals surface area (Å²) < 4.78 is 3.46. The van der Waals surface area contributed by atoms with Crippen molar-refractivity contribution in [2.75, 3.05) is 0 Å². The van der Waals surface area contributed by atoms with Crippen LogP contribution >= 0.6 is 54.5 Å². The number of hydrogen-bond acceptors (Lipinski definition) is 3. The third-order valence-electron chi connectivity index (χ3n) is 4.28. The Hall–Kier alpha value is -2.47. The second kappa shape index (κ2) is 14.7. The first-order chi connectivity index (χ1) is 16.3. The Balaban J connectivity index is 0.000000190. The van der Waals surface area contributed by atoms with Crippen molar-refractivity contribution in [3.63, 3.8) is 0 Å². The largest absolute Gasteiger partial charge is 0.488 e. The molecule has 0 unspecified atom stereocenters. The molecule has 0 spiro atoms. The van der Waals surface area contributed by atoms with Crippen LogP contribution in [0.15, 0.2) is 106 Å². The second-order valence-corrected chi connectivity index (χ2v) is 9.79. The highest BCUT2D eigenvalue weighted by Gasteiger charge is 2.08. The molecule has 4 rings (SSSR count). The Kier molecular flexibility index (Phi) is 12.0. The van der Waals surface area contributed by atoms with E-state index in [1.165, 1.54) is 15.7 Å². The van der Waals surface area contributed by atoms with Gasteiger partial charge in [0.1, 0.15) is 0 Å². The van der Waals surface area contributed by atoms with Gasteiger partial charge in [-0.2, -0.15) is 5.26 Å². The number of benzene rings is 4. The normalized spacial score (nSPS) is 9.26. The lowest BCUT2D eigenvalue weighted by molar-refractivity contribution is 0.426. The Labute approximate surface area is 230 Å². The van der Waals surface area contributed by atoms with Gasteiger partial charge in [0, 0.05) is 12.5 Å². The molecule has 0 aliphatic heterocycles. The summed E-state index contributed by atoms with van der Waals surface area (Å²) in [6.45, 7) is 6.62. The maximum atomic E-state index is 8.69. The van der Waals surface area contributed by atoms with E-state index in [1.54, 1.807) is 12.1 Å². The monoisotopic (exact) mass is 686 g/mol. The summed E-state index contributed by atoms with van der Waals surface area (Å²) in [5, 5.41) is 26.0. The maximum absolute atomic E-state index is 8.69. The van der Waals surface area contributed by atoms with Gasteiger partial charge < -0.3 is 10.0 Å². The fourth-order valence-corrected chi connectivity index (χ4v) is 4.36. The number of nitriles is 1. The minimum absolute atomic E-state index is 0.400. The third-order valence-corrected chi connectivity index (χ3v) is 5.94. The Morgan fingerprint density at radius 2 is 1.38 bits per heavy atom. The van der Waals surface area contributed by atoms with E-state index in [-0.39, 0.29) is 0 Å². The average molecular weight is 688 g/mol. The molecule has 0 saturated carbocycles. The summed E-state index contributed by atoms with van der Waals surface area (Å²) in [7, 11) is -1.45. The van der Waals surface area contributed by atoms with Crippen LogP contribution in [0.3, 0.4) is 0 Å². The molecule has 8 heteroatoms. The van der Waals surface area contributed by atoms with E-state index < -0.39 is 7.12 Å². The van der Waals surface area contributed by atoms with Crippen LogP contribution in [-0.2, 0) is 0 Å². The molecule has 0 bridgehead atoms. The zero-order valence-electron chi connectivity index (χ0n) is 17.7. The first kappa shape index (κ1) is 27.8. The van der Waals surface area contributed by atoms with Crippen molar-refractivity contribution >= 4 is 72.7 Å². The average Bonchev–Trinajstić information content (AvgIpc) is 2.85. The van der Waals surface area contributed by atoms with E-state index in [4.69, 9.17) is 21.9 Å². The number of rotatable bonds is 2. The van der Waals surface area contributed by atoms with Gasteiger partial charge in [-0.05, 0) is 81.6 Å². The molecule has 4 aromatic carbocycles. The quantitative estimate of drug-likeness (QED) is 0.136. The van der Waals surface area contributed by atoms with Gasteiger partial charge in [-0.1, -0.05) is 86.5 Å². The van der Waals surface area contributed by atoms with E-state index in [1.807, 2.05) is 54.6 Å². The molecule has 4 aromatic rings. The van der Waals surface area contributed by atoms with Crippen LogP contribution in [0.4, 0.5) is 5.69 Å². The Morgan fingerprint density at radius 1 is 0.794 bits per heavy atom. The molecule has 0 amide bonds. The van der Waals surface area contributed by atoms with Crippen LogP contribution < -0.4 is 5.46 Å². The Bertz CT molecular complexity index is 1270. The maximum Gasteiger partial charge on any atom is 0.488 e. The smallest absolute Gasteiger partial charge is 0.423 e. The summed E-state index contributed by atoms with van der Waals surface area (Å²) in [6.07, 6.45) is 0. The zero-order valence-corrected chi connectivity index (χ0v) is 23.1. The van der Waals surface area contributed by atoms with Gasteiger partial charge in [-0.25, -0.2) is 4.85 Å². The van der Waals surface area contributed by atoms with Gasteiger partial charge in [0.2, 0.25) is 0 Å². The highest BCUT2D eigenvalue weighted by molar-refractivity contribution is 14.1. The van der Waals surface area contributed by atoms with E-state index in [0.29, 0.717) is 16.7 Å². The first-order valence-electron chi connectivity index (χ1n) is 9.83. The van der Waals surface area contributed by atoms with Crippen LogP contribution in [0.25, 0.3) is 16.0 Å². The highest BCUT2D eigenvalue weighted by atomic mass is 127. The molecule has 34 heavy (non-hydrogen) atoms. The van der Waals surface area contributed by atoms with Crippen molar-refractivity contribution in [2.45, 2.75) is 0 Å². The zero-order chi connectivity index (χ0) is 24.9. The molecule has 4 nitrogen and oxygen atoms in total. The highest BCUT2D eigenvalue weighted by Crippen LogP contribution is 2.23. The molecule has 0 aromatic heterocycles. The fraction of sp³-hybridized carbons (Fsp3) is 0. The summed E-state index contributed by atoms with van der Waals surface area (Å²) in [5.41, 5.74) is 3.85. The number of halogens is 3. The molecule has 0 aliphatic carbocycles. The molecular formula is C26H18BBr2IN2O2. The first-order valence-corrected chi connectivity index (χ1v) is 12.5. The minimum Gasteiger partial charge on any atom is -0.423 e. The summed E-state index contributed by atoms with van der Waals surface area (Å²) in [5.74, 6) is 0. The van der Waals surface area contributed by atoms with Gasteiger partial charge in [-0.3, -0.25) is 0 Å². The van der Waals surface area contributed by atoms with Crippen molar-refractivity contribution in [2.24, 2.45) is 0 Å². The van der Waals surface area contributed by atoms with Crippen LogP contribution in [0.2, 0.25) is 0 Å². The predicted octanol–water partition coefficient (Wildman–Crippen LogP) is 6.96. The molecule has 0 heterocycles. The lowest BCUT2D eigenvalue weighted by atomic mass is 9.80. The fourth-order valence-electron chi connectivity index (χ4n) is 2.59. The van der Waals surface area contributed by atoms with Gasteiger partial charge >= 0.3 is 7.12 Å². The number of hydrogen-bond donors (Lipinski definition) is 2. The van der Waals surface area contributed by atoms with Crippen molar-refractivity contribution < 1.29 is 10.0 Å². The SMILES string of the molecule is Brc1cccc(I)c1.N#Cc1ccc(-c2cccc(Br)c2)cc1.[C-]#[N+]c1ccc(B(O)O)cc1. The molecule has 168 valence electrons. The minimum atomic E-state index is -1.45. The van der Waals surface area contributed by atoms with E-state index in [9.17, 15) is 0 Å². The van der Waals surface area contributed by atoms with Crippen molar-refractivity contribution in [1.82, 2.24) is 0 Å². The summed E-state index contributed by atoms with van der Waals surface area (Å²) in [4.78, 5) is 3.16.